The first kappa shape index (κ1) is 18.5. The van der Waals surface area contributed by atoms with Gasteiger partial charge < -0.3 is 15.4 Å². The van der Waals surface area contributed by atoms with E-state index in [0.717, 1.165) is 19.4 Å². The van der Waals surface area contributed by atoms with Gasteiger partial charge in [0.2, 0.25) is 0 Å². The van der Waals surface area contributed by atoms with Crippen LogP contribution in [0.15, 0.2) is 30.3 Å². The largest absolute Gasteiger partial charge is 0.444 e. The minimum absolute atomic E-state index is 0.0891. The van der Waals surface area contributed by atoms with Crippen molar-refractivity contribution >= 4 is 6.09 Å². The zero-order valence-corrected chi connectivity index (χ0v) is 14.5. The molecule has 1 rings (SSSR count). The third kappa shape index (κ3) is 8.67. The van der Waals surface area contributed by atoms with E-state index in [-0.39, 0.29) is 12.1 Å². The molecule has 0 bridgehead atoms. The van der Waals surface area contributed by atoms with Crippen LogP contribution in [-0.2, 0) is 11.2 Å². The number of hydrogen-bond donors (Lipinski definition) is 2. The van der Waals surface area contributed by atoms with Gasteiger partial charge in [-0.15, -0.1) is 0 Å². The van der Waals surface area contributed by atoms with Gasteiger partial charge in [0.25, 0.3) is 0 Å². The fraction of sp³-hybridized carbons (Fsp3) is 0.611. The molecule has 1 amide bonds. The maximum atomic E-state index is 11.7. The number of hydrogen-bond acceptors (Lipinski definition) is 3. The van der Waals surface area contributed by atoms with E-state index in [1.807, 2.05) is 33.8 Å². The van der Waals surface area contributed by atoms with Crippen molar-refractivity contribution in [2.45, 2.75) is 65.1 Å². The number of alkyl carbamates (subject to hydrolysis) is 1. The van der Waals surface area contributed by atoms with E-state index in [1.54, 1.807) is 0 Å². The molecule has 4 nitrogen and oxygen atoms in total. The minimum atomic E-state index is -0.452. The summed E-state index contributed by atoms with van der Waals surface area (Å²) in [4.78, 5) is 11.7. The van der Waals surface area contributed by atoms with Gasteiger partial charge >= 0.3 is 6.09 Å². The highest BCUT2D eigenvalue weighted by Crippen LogP contribution is 2.07. The van der Waals surface area contributed by atoms with Crippen molar-refractivity contribution in [1.82, 2.24) is 10.6 Å². The third-order valence-corrected chi connectivity index (χ3v) is 3.22. The van der Waals surface area contributed by atoms with E-state index < -0.39 is 5.60 Å². The zero-order chi connectivity index (χ0) is 16.6. The van der Waals surface area contributed by atoms with Crippen LogP contribution in [-0.4, -0.2) is 30.3 Å². The van der Waals surface area contributed by atoms with Gasteiger partial charge in [-0.3, -0.25) is 0 Å². The van der Waals surface area contributed by atoms with Gasteiger partial charge in [-0.2, -0.15) is 0 Å². The molecule has 0 heterocycles. The van der Waals surface area contributed by atoms with Crippen molar-refractivity contribution in [1.29, 1.82) is 0 Å². The second kappa shape index (κ2) is 8.79. The summed E-state index contributed by atoms with van der Waals surface area (Å²) >= 11 is 0. The van der Waals surface area contributed by atoms with Crippen LogP contribution in [0.2, 0.25) is 0 Å². The molecular formula is C18H30N2O2. The van der Waals surface area contributed by atoms with Crippen molar-refractivity contribution in [3.63, 3.8) is 0 Å². The quantitative estimate of drug-likeness (QED) is 0.810. The molecule has 124 valence electrons. The predicted molar refractivity (Wildman–Crippen MR) is 91.1 cm³/mol. The summed E-state index contributed by atoms with van der Waals surface area (Å²) in [5.41, 5.74) is 0.883. The number of rotatable bonds is 7. The lowest BCUT2D eigenvalue weighted by molar-refractivity contribution is 0.0506. The van der Waals surface area contributed by atoms with Crippen LogP contribution in [0.4, 0.5) is 4.79 Å². The number of benzene rings is 1. The van der Waals surface area contributed by atoms with Gasteiger partial charge in [0, 0.05) is 12.1 Å². The number of amides is 1. The van der Waals surface area contributed by atoms with Crippen molar-refractivity contribution in [2.24, 2.45) is 0 Å². The Morgan fingerprint density at radius 1 is 1.14 bits per heavy atom. The molecule has 0 aliphatic heterocycles. The van der Waals surface area contributed by atoms with E-state index in [4.69, 9.17) is 4.74 Å². The Balaban J connectivity index is 2.19. The molecule has 0 spiro atoms. The Labute approximate surface area is 134 Å². The average molecular weight is 306 g/mol. The van der Waals surface area contributed by atoms with Crippen LogP contribution in [0.1, 0.15) is 46.6 Å². The summed E-state index contributed by atoms with van der Waals surface area (Å²) in [6.07, 6.45) is 1.53. The number of ether oxygens (including phenoxy) is 1. The predicted octanol–water partition coefficient (Wildman–Crippen LogP) is 3.51. The lowest BCUT2D eigenvalue weighted by atomic mass is 10.1. The normalized spacial score (nSPS) is 14.2. The highest BCUT2D eigenvalue weighted by molar-refractivity contribution is 5.67. The van der Waals surface area contributed by atoms with E-state index in [1.165, 1.54) is 5.56 Å². The first-order valence-corrected chi connectivity index (χ1v) is 8.03. The van der Waals surface area contributed by atoms with Gasteiger partial charge in [0.1, 0.15) is 5.60 Å². The highest BCUT2D eigenvalue weighted by Gasteiger charge is 2.17. The molecule has 2 unspecified atom stereocenters. The van der Waals surface area contributed by atoms with Crippen LogP contribution < -0.4 is 10.6 Å². The summed E-state index contributed by atoms with van der Waals surface area (Å²) in [7, 11) is 0. The van der Waals surface area contributed by atoms with Crippen LogP contribution >= 0.6 is 0 Å². The second-order valence-corrected chi connectivity index (χ2v) is 6.88. The Hall–Kier alpha value is -1.55. The van der Waals surface area contributed by atoms with Crippen molar-refractivity contribution in [2.75, 3.05) is 6.54 Å². The molecule has 22 heavy (non-hydrogen) atoms. The van der Waals surface area contributed by atoms with Gasteiger partial charge in [-0.25, -0.2) is 4.79 Å². The monoisotopic (exact) mass is 306 g/mol. The first-order chi connectivity index (χ1) is 10.3. The van der Waals surface area contributed by atoms with Crippen molar-refractivity contribution in [3.05, 3.63) is 35.9 Å². The molecule has 1 aromatic rings. The van der Waals surface area contributed by atoms with E-state index in [0.29, 0.717) is 6.04 Å². The Kier molecular flexibility index (Phi) is 7.39. The molecule has 2 N–H and O–H groups in total. The van der Waals surface area contributed by atoms with Gasteiger partial charge in [0.05, 0.1) is 0 Å². The first-order valence-electron chi connectivity index (χ1n) is 8.03. The molecule has 0 radical (unpaired) electrons. The SMILES string of the molecule is CC(Cc1ccccc1)NCCC(C)NC(=O)OC(C)(C)C. The molecule has 0 aliphatic carbocycles. The zero-order valence-electron chi connectivity index (χ0n) is 14.5. The fourth-order valence-electron chi connectivity index (χ4n) is 2.17. The molecule has 0 aliphatic rings. The van der Waals surface area contributed by atoms with Crippen molar-refractivity contribution in [3.8, 4) is 0 Å². The van der Waals surface area contributed by atoms with E-state index in [2.05, 4.69) is 41.8 Å². The summed E-state index contributed by atoms with van der Waals surface area (Å²) in [6, 6.07) is 11.0. The average Bonchev–Trinajstić information content (AvgIpc) is 2.37. The lowest BCUT2D eigenvalue weighted by Crippen LogP contribution is -2.40. The summed E-state index contributed by atoms with van der Waals surface area (Å²) in [5, 5.41) is 6.35. The maximum absolute atomic E-state index is 11.7. The molecule has 2 atom stereocenters. The molecule has 0 fully saturated rings. The smallest absolute Gasteiger partial charge is 0.407 e. The molecule has 0 saturated heterocycles. The molecule has 0 aromatic heterocycles. The molecule has 1 aromatic carbocycles. The van der Waals surface area contributed by atoms with E-state index >= 15 is 0 Å². The minimum Gasteiger partial charge on any atom is -0.444 e. The molecule has 0 saturated carbocycles. The summed E-state index contributed by atoms with van der Waals surface area (Å²) < 4.78 is 5.24. The molecule has 4 heteroatoms. The van der Waals surface area contributed by atoms with Crippen LogP contribution in [0.25, 0.3) is 0 Å². The third-order valence-electron chi connectivity index (χ3n) is 3.22. The van der Waals surface area contributed by atoms with Crippen molar-refractivity contribution < 1.29 is 9.53 Å². The fourth-order valence-corrected chi connectivity index (χ4v) is 2.17. The maximum Gasteiger partial charge on any atom is 0.407 e. The van der Waals surface area contributed by atoms with E-state index in [9.17, 15) is 4.79 Å². The Morgan fingerprint density at radius 2 is 1.77 bits per heavy atom. The molecular weight excluding hydrogens is 276 g/mol. The summed E-state index contributed by atoms with van der Waals surface area (Å²) in [5.74, 6) is 0. The van der Waals surface area contributed by atoms with Gasteiger partial charge in [-0.1, -0.05) is 30.3 Å². The van der Waals surface area contributed by atoms with Gasteiger partial charge in [-0.05, 0) is 59.6 Å². The topological polar surface area (TPSA) is 50.4 Å². The lowest BCUT2D eigenvalue weighted by Gasteiger charge is -2.22. The Bertz CT molecular complexity index is 440. The number of carbonyl (C=O) groups is 1. The van der Waals surface area contributed by atoms with Crippen LogP contribution in [0.5, 0.6) is 0 Å². The van der Waals surface area contributed by atoms with Crippen LogP contribution in [0.3, 0.4) is 0 Å². The Morgan fingerprint density at radius 3 is 2.36 bits per heavy atom. The van der Waals surface area contributed by atoms with Crippen LogP contribution in [0, 0.1) is 0 Å². The number of nitrogens with one attached hydrogen (secondary N) is 2. The second-order valence-electron chi connectivity index (χ2n) is 6.88. The highest BCUT2D eigenvalue weighted by atomic mass is 16.6. The summed E-state index contributed by atoms with van der Waals surface area (Å²) in [6.45, 7) is 10.6. The van der Waals surface area contributed by atoms with Gasteiger partial charge in [0.15, 0.2) is 0 Å². The number of carbonyl (C=O) groups excluding carboxylic acids is 1. The standard InChI is InChI=1S/C18H30N2O2/c1-14(20-17(21)22-18(3,4)5)11-12-19-15(2)13-16-9-7-6-8-10-16/h6-10,14-15,19H,11-13H2,1-5H3,(H,20,21).